The molecule has 8 heteroatoms. The minimum absolute atomic E-state index is 0.0826. The average Bonchev–Trinajstić information content (AvgIpc) is 3.12. The van der Waals surface area contributed by atoms with Gasteiger partial charge in [-0.15, -0.1) is 0 Å². The van der Waals surface area contributed by atoms with E-state index >= 15 is 0 Å². The standard InChI is InChI=1S/C17H23N5O3/c1-11(2)15-19-16(21-20-15)14-10-22(7-8-24-14)17(23)12(3)25-13-5-4-6-18-9-13/h4-6,9,11-12,14H,7-8,10H2,1-3H3,(H,19,20,21)/t12-,14-/m0/s1. The van der Waals surface area contributed by atoms with Gasteiger partial charge in [0.05, 0.1) is 19.3 Å². The molecule has 134 valence electrons. The number of aromatic nitrogens is 4. The van der Waals surface area contributed by atoms with Gasteiger partial charge in [-0.1, -0.05) is 13.8 Å². The molecule has 0 aromatic carbocycles. The normalized spacial score (nSPS) is 19.0. The number of H-pyrrole nitrogens is 1. The molecule has 0 aliphatic carbocycles. The van der Waals surface area contributed by atoms with Crippen molar-refractivity contribution < 1.29 is 14.3 Å². The summed E-state index contributed by atoms with van der Waals surface area (Å²) in [6.07, 6.45) is 2.36. The van der Waals surface area contributed by atoms with Crippen LogP contribution >= 0.6 is 0 Å². The number of nitrogens with one attached hydrogen (secondary N) is 1. The summed E-state index contributed by atoms with van der Waals surface area (Å²) in [5.74, 6) is 2.13. The molecule has 1 saturated heterocycles. The summed E-state index contributed by atoms with van der Waals surface area (Å²) in [5.41, 5.74) is 0. The van der Waals surface area contributed by atoms with E-state index in [1.54, 1.807) is 36.4 Å². The number of hydrogen-bond acceptors (Lipinski definition) is 6. The van der Waals surface area contributed by atoms with Crippen molar-refractivity contribution in [3.63, 3.8) is 0 Å². The van der Waals surface area contributed by atoms with Crippen LogP contribution in [0.1, 0.15) is 44.4 Å². The fraction of sp³-hybridized carbons (Fsp3) is 0.529. The number of carbonyl (C=O) groups is 1. The van der Waals surface area contributed by atoms with Crippen molar-refractivity contribution in [3.8, 4) is 5.75 Å². The van der Waals surface area contributed by atoms with Crippen LogP contribution in [-0.4, -0.2) is 56.8 Å². The molecular weight excluding hydrogens is 322 g/mol. The molecular formula is C17H23N5O3. The summed E-state index contributed by atoms with van der Waals surface area (Å²) in [6.45, 7) is 7.20. The molecule has 25 heavy (non-hydrogen) atoms. The van der Waals surface area contributed by atoms with Crippen LogP contribution in [0.15, 0.2) is 24.5 Å². The maximum absolute atomic E-state index is 12.7. The van der Waals surface area contributed by atoms with E-state index in [1.807, 2.05) is 13.8 Å². The third-order valence-corrected chi connectivity index (χ3v) is 4.01. The van der Waals surface area contributed by atoms with Gasteiger partial charge in [-0.2, -0.15) is 5.10 Å². The van der Waals surface area contributed by atoms with Crippen LogP contribution in [0, 0.1) is 0 Å². The second-order valence-corrected chi connectivity index (χ2v) is 6.33. The van der Waals surface area contributed by atoms with E-state index in [4.69, 9.17) is 9.47 Å². The Bertz CT molecular complexity index is 703. The van der Waals surface area contributed by atoms with Gasteiger partial charge in [-0.05, 0) is 19.1 Å². The Morgan fingerprint density at radius 1 is 1.44 bits per heavy atom. The number of ether oxygens (including phenoxy) is 2. The van der Waals surface area contributed by atoms with Crippen molar-refractivity contribution in [2.45, 2.75) is 38.9 Å². The van der Waals surface area contributed by atoms with Crippen LogP contribution in [0.4, 0.5) is 0 Å². The highest BCUT2D eigenvalue weighted by molar-refractivity contribution is 5.81. The molecule has 8 nitrogen and oxygen atoms in total. The molecule has 1 N–H and O–H groups in total. The molecule has 1 fully saturated rings. The summed E-state index contributed by atoms with van der Waals surface area (Å²) in [7, 11) is 0. The van der Waals surface area contributed by atoms with E-state index < -0.39 is 6.10 Å². The summed E-state index contributed by atoms with van der Waals surface area (Å²) in [5, 5.41) is 7.12. The lowest BCUT2D eigenvalue weighted by Crippen LogP contribution is -2.47. The predicted octanol–water partition coefficient (Wildman–Crippen LogP) is 1.69. The summed E-state index contributed by atoms with van der Waals surface area (Å²) in [4.78, 5) is 22.9. The van der Waals surface area contributed by atoms with Crippen LogP contribution in [0.5, 0.6) is 5.75 Å². The lowest BCUT2D eigenvalue weighted by molar-refractivity contribution is -0.146. The van der Waals surface area contributed by atoms with Gasteiger partial charge in [-0.3, -0.25) is 14.9 Å². The predicted molar refractivity (Wildman–Crippen MR) is 90.1 cm³/mol. The molecule has 0 unspecified atom stereocenters. The van der Waals surface area contributed by atoms with Gasteiger partial charge in [-0.25, -0.2) is 4.98 Å². The number of nitrogens with zero attached hydrogens (tertiary/aromatic N) is 4. The zero-order valence-corrected chi connectivity index (χ0v) is 14.7. The molecule has 2 aromatic rings. The average molecular weight is 345 g/mol. The van der Waals surface area contributed by atoms with Crippen molar-refractivity contribution in [2.75, 3.05) is 19.7 Å². The lowest BCUT2D eigenvalue weighted by Gasteiger charge is -2.33. The van der Waals surface area contributed by atoms with Gasteiger partial charge in [0.1, 0.15) is 11.9 Å². The molecule has 3 heterocycles. The molecule has 3 rings (SSSR count). The Morgan fingerprint density at radius 3 is 2.96 bits per heavy atom. The first-order chi connectivity index (χ1) is 12.0. The summed E-state index contributed by atoms with van der Waals surface area (Å²) >= 11 is 0. The highest BCUT2D eigenvalue weighted by Gasteiger charge is 2.31. The second kappa shape index (κ2) is 7.60. The van der Waals surface area contributed by atoms with Crippen LogP contribution < -0.4 is 4.74 Å². The number of hydrogen-bond donors (Lipinski definition) is 1. The number of amides is 1. The number of pyridine rings is 1. The smallest absolute Gasteiger partial charge is 0.263 e. The monoisotopic (exact) mass is 345 g/mol. The van der Waals surface area contributed by atoms with Crippen LogP contribution in [0.25, 0.3) is 0 Å². The van der Waals surface area contributed by atoms with Crippen LogP contribution in [-0.2, 0) is 9.53 Å². The van der Waals surface area contributed by atoms with Crippen molar-refractivity contribution >= 4 is 5.91 Å². The molecule has 0 radical (unpaired) electrons. The van der Waals surface area contributed by atoms with Crippen molar-refractivity contribution in [3.05, 3.63) is 36.2 Å². The molecule has 1 amide bonds. The first-order valence-corrected chi connectivity index (χ1v) is 8.44. The Kier molecular flexibility index (Phi) is 5.28. The van der Waals surface area contributed by atoms with E-state index in [9.17, 15) is 4.79 Å². The van der Waals surface area contributed by atoms with Gasteiger partial charge >= 0.3 is 0 Å². The molecule has 0 saturated carbocycles. The maximum Gasteiger partial charge on any atom is 0.263 e. The minimum Gasteiger partial charge on any atom is -0.479 e. The molecule has 0 bridgehead atoms. The Balaban J connectivity index is 1.62. The fourth-order valence-electron chi connectivity index (χ4n) is 2.63. The third-order valence-electron chi connectivity index (χ3n) is 4.01. The number of aromatic amines is 1. The van der Waals surface area contributed by atoms with Gasteiger partial charge in [0.25, 0.3) is 5.91 Å². The molecule has 0 spiro atoms. The van der Waals surface area contributed by atoms with E-state index in [0.717, 1.165) is 5.82 Å². The Morgan fingerprint density at radius 2 is 2.28 bits per heavy atom. The van der Waals surface area contributed by atoms with Crippen LogP contribution in [0.2, 0.25) is 0 Å². The zero-order chi connectivity index (χ0) is 17.8. The molecule has 1 aliphatic rings. The lowest BCUT2D eigenvalue weighted by atomic mass is 10.2. The van der Waals surface area contributed by atoms with E-state index in [1.165, 1.54) is 0 Å². The summed E-state index contributed by atoms with van der Waals surface area (Å²) < 4.78 is 11.4. The number of carbonyl (C=O) groups excluding carboxylic acids is 1. The molecule has 2 aromatic heterocycles. The van der Waals surface area contributed by atoms with E-state index in [2.05, 4.69) is 20.2 Å². The quantitative estimate of drug-likeness (QED) is 0.886. The topological polar surface area (TPSA) is 93.2 Å². The number of rotatable bonds is 5. The van der Waals surface area contributed by atoms with Gasteiger partial charge in [0.15, 0.2) is 17.8 Å². The maximum atomic E-state index is 12.7. The first-order valence-electron chi connectivity index (χ1n) is 8.44. The highest BCUT2D eigenvalue weighted by atomic mass is 16.5. The van der Waals surface area contributed by atoms with Gasteiger partial charge < -0.3 is 14.4 Å². The van der Waals surface area contributed by atoms with E-state index in [0.29, 0.717) is 31.3 Å². The zero-order valence-electron chi connectivity index (χ0n) is 14.7. The highest BCUT2D eigenvalue weighted by Crippen LogP contribution is 2.21. The molecule has 2 atom stereocenters. The van der Waals surface area contributed by atoms with E-state index in [-0.39, 0.29) is 17.9 Å². The Hall–Kier alpha value is -2.48. The van der Waals surface area contributed by atoms with Crippen molar-refractivity contribution in [1.82, 2.24) is 25.1 Å². The number of morpholine rings is 1. The summed E-state index contributed by atoms with van der Waals surface area (Å²) in [6, 6.07) is 3.55. The van der Waals surface area contributed by atoms with Crippen molar-refractivity contribution in [1.29, 1.82) is 0 Å². The molecule has 1 aliphatic heterocycles. The Labute approximate surface area is 146 Å². The third kappa shape index (κ3) is 4.14. The van der Waals surface area contributed by atoms with Gasteiger partial charge in [0, 0.05) is 18.7 Å². The van der Waals surface area contributed by atoms with Crippen LogP contribution in [0.3, 0.4) is 0 Å². The minimum atomic E-state index is -0.594. The van der Waals surface area contributed by atoms with Gasteiger partial charge in [0.2, 0.25) is 0 Å². The first kappa shape index (κ1) is 17.3. The second-order valence-electron chi connectivity index (χ2n) is 6.33. The largest absolute Gasteiger partial charge is 0.479 e. The van der Waals surface area contributed by atoms with Crippen molar-refractivity contribution in [2.24, 2.45) is 0 Å². The fourth-order valence-corrected chi connectivity index (χ4v) is 2.63. The SMILES string of the molecule is CC(C)c1n[nH]c([C@@H]2CN(C(=O)[C@H](C)Oc3cccnc3)CCO2)n1.